The first-order valence-corrected chi connectivity index (χ1v) is 8.24. The molecule has 20 heavy (non-hydrogen) atoms. The van der Waals surface area contributed by atoms with Crippen molar-refractivity contribution in [1.29, 1.82) is 0 Å². The van der Waals surface area contributed by atoms with Crippen LogP contribution in [0.4, 0.5) is 0 Å². The van der Waals surface area contributed by atoms with Crippen molar-refractivity contribution in [1.82, 2.24) is 10.6 Å². The van der Waals surface area contributed by atoms with Gasteiger partial charge in [-0.3, -0.25) is 4.79 Å². The molecule has 0 aliphatic carbocycles. The summed E-state index contributed by atoms with van der Waals surface area (Å²) in [5, 5.41) is 8.37. The minimum atomic E-state index is 0.0215. The standard InChI is InChI=1S/C15H15BrN2OS/c16-11-6-12(20-9-11)8-18-15(19)14-3-1-2-10-7-17-5-4-13(10)14/h1-3,6,9,17H,4-5,7-8H2,(H,18,19). The van der Waals surface area contributed by atoms with E-state index in [2.05, 4.69) is 32.6 Å². The number of hydrogen-bond acceptors (Lipinski definition) is 3. The van der Waals surface area contributed by atoms with Gasteiger partial charge in [-0.05, 0) is 52.2 Å². The highest BCUT2D eigenvalue weighted by atomic mass is 79.9. The SMILES string of the molecule is O=C(NCc1cc(Br)cs1)c1cccc2c1CCNC2. The van der Waals surface area contributed by atoms with Crippen molar-refractivity contribution in [3.8, 4) is 0 Å². The van der Waals surface area contributed by atoms with Gasteiger partial charge in [0.15, 0.2) is 0 Å². The lowest BCUT2D eigenvalue weighted by atomic mass is 9.95. The fourth-order valence-electron chi connectivity index (χ4n) is 2.45. The number of carbonyl (C=O) groups excluding carboxylic acids is 1. The Hall–Kier alpha value is -1.17. The minimum Gasteiger partial charge on any atom is -0.347 e. The molecule has 2 aromatic rings. The molecule has 2 heterocycles. The molecule has 3 rings (SSSR count). The van der Waals surface area contributed by atoms with Crippen LogP contribution in [0, 0.1) is 0 Å². The molecule has 1 aliphatic rings. The zero-order valence-electron chi connectivity index (χ0n) is 10.9. The molecule has 0 unspecified atom stereocenters. The largest absolute Gasteiger partial charge is 0.347 e. The zero-order chi connectivity index (χ0) is 13.9. The number of halogens is 1. The summed E-state index contributed by atoms with van der Waals surface area (Å²) in [6, 6.07) is 8.01. The lowest BCUT2D eigenvalue weighted by Gasteiger charge is -2.19. The predicted molar refractivity (Wildman–Crippen MR) is 85.0 cm³/mol. The van der Waals surface area contributed by atoms with Gasteiger partial charge < -0.3 is 10.6 Å². The van der Waals surface area contributed by atoms with Crippen LogP contribution in [-0.2, 0) is 19.5 Å². The average Bonchev–Trinajstić information content (AvgIpc) is 2.90. The molecule has 5 heteroatoms. The molecule has 0 saturated heterocycles. The van der Waals surface area contributed by atoms with Crippen LogP contribution in [-0.4, -0.2) is 12.5 Å². The highest BCUT2D eigenvalue weighted by molar-refractivity contribution is 9.10. The van der Waals surface area contributed by atoms with E-state index in [1.165, 1.54) is 11.1 Å². The van der Waals surface area contributed by atoms with E-state index in [0.717, 1.165) is 34.4 Å². The van der Waals surface area contributed by atoms with Gasteiger partial charge in [0.05, 0.1) is 6.54 Å². The summed E-state index contributed by atoms with van der Waals surface area (Å²) < 4.78 is 1.06. The molecule has 1 aromatic carbocycles. The summed E-state index contributed by atoms with van der Waals surface area (Å²) in [6.07, 6.45) is 0.920. The Morgan fingerprint density at radius 2 is 2.35 bits per heavy atom. The highest BCUT2D eigenvalue weighted by Gasteiger charge is 2.17. The van der Waals surface area contributed by atoms with Crippen LogP contribution >= 0.6 is 27.3 Å². The van der Waals surface area contributed by atoms with Gasteiger partial charge in [0.1, 0.15) is 0 Å². The molecule has 0 atom stereocenters. The van der Waals surface area contributed by atoms with Crippen LogP contribution < -0.4 is 10.6 Å². The van der Waals surface area contributed by atoms with Crippen molar-refractivity contribution < 1.29 is 4.79 Å². The van der Waals surface area contributed by atoms with Crippen LogP contribution in [0.25, 0.3) is 0 Å². The predicted octanol–water partition coefficient (Wildman–Crippen LogP) is 3.09. The molecule has 3 nitrogen and oxygen atoms in total. The lowest BCUT2D eigenvalue weighted by Crippen LogP contribution is -2.29. The molecule has 104 valence electrons. The lowest BCUT2D eigenvalue weighted by molar-refractivity contribution is 0.0950. The van der Waals surface area contributed by atoms with E-state index in [1.807, 2.05) is 23.6 Å². The third-order valence-electron chi connectivity index (χ3n) is 3.43. The summed E-state index contributed by atoms with van der Waals surface area (Å²) in [5.41, 5.74) is 3.25. The van der Waals surface area contributed by atoms with Gasteiger partial charge in [-0.25, -0.2) is 0 Å². The summed E-state index contributed by atoms with van der Waals surface area (Å²) in [4.78, 5) is 13.5. The number of nitrogens with one attached hydrogen (secondary N) is 2. The Morgan fingerprint density at radius 1 is 1.45 bits per heavy atom. The second-order valence-electron chi connectivity index (χ2n) is 4.78. The molecular formula is C15H15BrN2OS. The molecule has 0 spiro atoms. The number of rotatable bonds is 3. The normalized spacial score (nSPS) is 13.8. The monoisotopic (exact) mass is 350 g/mol. The van der Waals surface area contributed by atoms with Gasteiger partial charge in [0.2, 0.25) is 0 Å². The van der Waals surface area contributed by atoms with Gasteiger partial charge in [-0.15, -0.1) is 11.3 Å². The molecule has 0 bridgehead atoms. The number of benzene rings is 1. The smallest absolute Gasteiger partial charge is 0.251 e. The molecule has 1 amide bonds. The second kappa shape index (κ2) is 6.08. The third-order valence-corrected chi connectivity index (χ3v) is 5.13. The van der Waals surface area contributed by atoms with Crippen molar-refractivity contribution in [2.75, 3.05) is 6.54 Å². The Kier molecular flexibility index (Phi) is 4.19. The third kappa shape index (κ3) is 2.95. The van der Waals surface area contributed by atoms with E-state index in [-0.39, 0.29) is 5.91 Å². The maximum atomic E-state index is 12.4. The van der Waals surface area contributed by atoms with Gasteiger partial charge >= 0.3 is 0 Å². The Balaban J connectivity index is 1.74. The van der Waals surface area contributed by atoms with E-state index in [0.29, 0.717) is 6.54 Å². The van der Waals surface area contributed by atoms with E-state index in [4.69, 9.17) is 0 Å². The Bertz CT molecular complexity index is 639. The van der Waals surface area contributed by atoms with Crippen molar-refractivity contribution in [3.63, 3.8) is 0 Å². The summed E-state index contributed by atoms with van der Waals surface area (Å²) >= 11 is 5.07. The van der Waals surface area contributed by atoms with Crippen molar-refractivity contribution >= 4 is 33.2 Å². The number of fused-ring (bicyclic) bond motifs is 1. The van der Waals surface area contributed by atoms with Crippen LogP contribution in [0.15, 0.2) is 34.1 Å². The first kappa shape index (κ1) is 13.8. The first-order valence-electron chi connectivity index (χ1n) is 6.56. The quantitative estimate of drug-likeness (QED) is 0.892. The molecule has 1 aromatic heterocycles. The van der Waals surface area contributed by atoms with Gasteiger partial charge in [-0.1, -0.05) is 12.1 Å². The maximum absolute atomic E-state index is 12.4. The molecular weight excluding hydrogens is 336 g/mol. The van der Waals surface area contributed by atoms with Crippen LogP contribution in [0.1, 0.15) is 26.4 Å². The number of thiophene rings is 1. The fraction of sp³-hybridized carbons (Fsp3) is 0.267. The molecule has 2 N–H and O–H groups in total. The average molecular weight is 351 g/mol. The number of amides is 1. The van der Waals surface area contributed by atoms with E-state index >= 15 is 0 Å². The van der Waals surface area contributed by atoms with Crippen molar-refractivity contribution in [3.05, 3.63) is 55.7 Å². The maximum Gasteiger partial charge on any atom is 0.251 e. The molecule has 0 radical (unpaired) electrons. The van der Waals surface area contributed by atoms with Gasteiger partial charge in [0.25, 0.3) is 5.91 Å². The van der Waals surface area contributed by atoms with Gasteiger partial charge in [0, 0.05) is 26.8 Å². The highest BCUT2D eigenvalue weighted by Crippen LogP contribution is 2.21. The van der Waals surface area contributed by atoms with E-state index < -0.39 is 0 Å². The van der Waals surface area contributed by atoms with Crippen LogP contribution in [0.3, 0.4) is 0 Å². The van der Waals surface area contributed by atoms with Crippen molar-refractivity contribution in [2.45, 2.75) is 19.5 Å². The van der Waals surface area contributed by atoms with Crippen LogP contribution in [0.2, 0.25) is 0 Å². The summed E-state index contributed by atoms with van der Waals surface area (Å²) in [6.45, 7) is 2.38. The minimum absolute atomic E-state index is 0.0215. The fourth-order valence-corrected chi connectivity index (χ4v) is 3.84. The Morgan fingerprint density at radius 3 is 3.15 bits per heavy atom. The number of carbonyl (C=O) groups is 1. The van der Waals surface area contributed by atoms with Gasteiger partial charge in [-0.2, -0.15) is 0 Å². The molecule has 0 fully saturated rings. The topological polar surface area (TPSA) is 41.1 Å². The van der Waals surface area contributed by atoms with E-state index in [9.17, 15) is 4.79 Å². The first-order chi connectivity index (χ1) is 9.74. The second-order valence-corrected chi connectivity index (χ2v) is 6.70. The number of hydrogen-bond donors (Lipinski definition) is 2. The summed E-state index contributed by atoms with van der Waals surface area (Å²) in [5.74, 6) is 0.0215. The molecule has 0 saturated carbocycles. The van der Waals surface area contributed by atoms with Crippen molar-refractivity contribution in [2.24, 2.45) is 0 Å². The molecule has 1 aliphatic heterocycles. The zero-order valence-corrected chi connectivity index (χ0v) is 13.3. The van der Waals surface area contributed by atoms with E-state index in [1.54, 1.807) is 11.3 Å². The summed E-state index contributed by atoms with van der Waals surface area (Å²) in [7, 11) is 0. The van der Waals surface area contributed by atoms with Crippen LogP contribution in [0.5, 0.6) is 0 Å². The Labute approximate surface area is 130 Å².